The van der Waals surface area contributed by atoms with Crippen molar-refractivity contribution in [2.45, 2.75) is 18.9 Å². The number of esters is 1. The molecule has 1 rings (SSSR count). The minimum atomic E-state index is -0.844. The molecule has 0 radical (unpaired) electrons. The Morgan fingerprint density at radius 2 is 2.00 bits per heavy atom. The van der Waals surface area contributed by atoms with Crippen LogP contribution in [0.15, 0.2) is 41.9 Å². The van der Waals surface area contributed by atoms with Gasteiger partial charge in [0.2, 0.25) is 0 Å². The number of halogens is 1. The molecule has 1 atom stereocenters. The highest BCUT2D eigenvalue weighted by atomic mass is 35.5. The van der Waals surface area contributed by atoms with Crippen molar-refractivity contribution in [3.8, 4) is 0 Å². The number of aliphatic hydroxyl groups is 1. The van der Waals surface area contributed by atoms with Crippen molar-refractivity contribution in [2.75, 3.05) is 6.61 Å². The first-order chi connectivity index (χ1) is 9.13. The third-order valence-corrected chi connectivity index (χ3v) is 2.51. The lowest BCUT2D eigenvalue weighted by Gasteiger charge is -2.09. The van der Waals surface area contributed by atoms with E-state index in [1.54, 1.807) is 30.3 Å². The maximum absolute atomic E-state index is 11.6. The van der Waals surface area contributed by atoms with E-state index in [1.807, 2.05) is 0 Å². The first-order valence-corrected chi connectivity index (χ1v) is 6.27. The Kier molecular flexibility index (Phi) is 6.85. The lowest BCUT2D eigenvalue weighted by atomic mass is 10.1. The fourth-order valence-electron chi connectivity index (χ4n) is 1.42. The number of benzene rings is 1. The molecule has 0 heterocycles. The quantitative estimate of drug-likeness (QED) is 0.616. The summed E-state index contributed by atoms with van der Waals surface area (Å²) >= 11 is 5.24. The first kappa shape index (κ1) is 15.4. The smallest absolute Gasteiger partial charge is 0.338 e. The number of ketones is 1. The van der Waals surface area contributed by atoms with Crippen LogP contribution in [-0.2, 0) is 9.53 Å². The van der Waals surface area contributed by atoms with Gasteiger partial charge in [0.05, 0.1) is 18.3 Å². The molecule has 0 bridgehead atoms. The number of carbonyl (C=O) groups is 2. The standard InChI is InChI=1S/C14H15ClO4/c15-8-6-12(16)10-13(17)7-9-19-14(18)11-4-2-1-3-5-11/h1-6,8,13,17H,7,9-10H2/b8-6+/t13-/m1/s1. The van der Waals surface area contributed by atoms with Crippen molar-refractivity contribution in [1.29, 1.82) is 0 Å². The predicted octanol–water partition coefficient (Wildman–Crippen LogP) is 2.31. The molecule has 0 saturated heterocycles. The van der Waals surface area contributed by atoms with Crippen molar-refractivity contribution in [3.05, 3.63) is 47.5 Å². The van der Waals surface area contributed by atoms with Gasteiger partial charge in [-0.25, -0.2) is 4.79 Å². The van der Waals surface area contributed by atoms with Gasteiger partial charge in [-0.3, -0.25) is 4.79 Å². The number of hydrogen-bond donors (Lipinski definition) is 1. The summed E-state index contributed by atoms with van der Waals surface area (Å²) in [6.45, 7) is 0.0623. The Hall–Kier alpha value is -1.65. The topological polar surface area (TPSA) is 63.6 Å². The number of rotatable bonds is 7. The van der Waals surface area contributed by atoms with Crippen LogP contribution >= 0.6 is 11.6 Å². The summed E-state index contributed by atoms with van der Waals surface area (Å²) in [4.78, 5) is 22.7. The Bertz CT molecular complexity index is 442. The Morgan fingerprint density at radius 1 is 1.32 bits per heavy atom. The summed E-state index contributed by atoms with van der Waals surface area (Å²) in [7, 11) is 0. The third kappa shape index (κ3) is 6.18. The van der Waals surface area contributed by atoms with Gasteiger partial charge in [0, 0.05) is 18.4 Å². The Labute approximate surface area is 116 Å². The van der Waals surface area contributed by atoms with E-state index >= 15 is 0 Å². The summed E-state index contributed by atoms with van der Waals surface area (Å²) in [6, 6.07) is 8.57. The van der Waals surface area contributed by atoms with Crippen LogP contribution in [0.3, 0.4) is 0 Å². The van der Waals surface area contributed by atoms with Gasteiger partial charge in [-0.15, -0.1) is 0 Å². The highest BCUT2D eigenvalue weighted by Gasteiger charge is 2.11. The Morgan fingerprint density at radius 3 is 2.63 bits per heavy atom. The SMILES string of the molecule is O=C(/C=C/Cl)C[C@H](O)CCOC(=O)c1ccccc1. The van der Waals surface area contributed by atoms with Gasteiger partial charge in [-0.1, -0.05) is 29.8 Å². The maximum atomic E-state index is 11.6. The van der Waals surface area contributed by atoms with Crippen molar-refractivity contribution in [1.82, 2.24) is 0 Å². The van der Waals surface area contributed by atoms with Crippen LogP contribution < -0.4 is 0 Å². The third-order valence-electron chi connectivity index (χ3n) is 2.38. The van der Waals surface area contributed by atoms with Crippen LogP contribution in [-0.4, -0.2) is 29.6 Å². The fraction of sp³-hybridized carbons (Fsp3) is 0.286. The molecule has 0 unspecified atom stereocenters. The van der Waals surface area contributed by atoms with E-state index in [-0.39, 0.29) is 25.2 Å². The molecule has 1 aromatic carbocycles. The lowest BCUT2D eigenvalue weighted by Crippen LogP contribution is -2.16. The van der Waals surface area contributed by atoms with Crippen LogP contribution in [0.5, 0.6) is 0 Å². The van der Waals surface area contributed by atoms with E-state index in [0.717, 1.165) is 5.54 Å². The normalized spacial score (nSPS) is 12.3. The highest BCUT2D eigenvalue weighted by molar-refractivity contribution is 6.26. The molecule has 19 heavy (non-hydrogen) atoms. The zero-order valence-corrected chi connectivity index (χ0v) is 11.0. The van der Waals surface area contributed by atoms with Crippen molar-refractivity contribution in [2.24, 2.45) is 0 Å². The zero-order valence-electron chi connectivity index (χ0n) is 10.3. The second kappa shape index (κ2) is 8.45. The first-order valence-electron chi connectivity index (χ1n) is 5.83. The van der Waals surface area contributed by atoms with Gasteiger partial charge in [-0.05, 0) is 18.2 Å². The van der Waals surface area contributed by atoms with E-state index in [2.05, 4.69) is 0 Å². The molecule has 0 aromatic heterocycles. The second-order valence-corrected chi connectivity index (χ2v) is 4.16. The molecule has 1 N–H and O–H groups in total. The van der Waals surface area contributed by atoms with Gasteiger partial charge in [0.15, 0.2) is 5.78 Å². The maximum Gasteiger partial charge on any atom is 0.338 e. The molecule has 0 spiro atoms. The highest BCUT2D eigenvalue weighted by Crippen LogP contribution is 2.04. The summed E-state index contributed by atoms with van der Waals surface area (Å²) in [5.74, 6) is -0.711. The van der Waals surface area contributed by atoms with Crippen LogP contribution in [0.2, 0.25) is 0 Å². The van der Waals surface area contributed by atoms with E-state index in [0.29, 0.717) is 5.56 Å². The lowest BCUT2D eigenvalue weighted by molar-refractivity contribution is -0.116. The zero-order chi connectivity index (χ0) is 14.1. The molecule has 0 aliphatic carbocycles. The van der Waals surface area contributed by atoms with Gasteiger partial charge < -0.3 is 9.84 Å². The molecule has 0 aliphatic rings. The minimum absolute atomic E-state index is 0.0356. The number of ether oxygens (including phenoxy) is 1. The second-order valence-electron chi connectivity index (χ2n) is 3.91. The molecular weight excluding hydrogens is 268 g/mol. The van der Waals surface area contributed by atoms with E-state index < -0.39 is 12.1 Å². The molecule has 0 amide bonds. The van der Waals surface area contributed by atoms with Crippen LogP contribution in [0.1, 0.15) is 23.2 Å². The van der Waals surface area contributed by atoms with Crippen LogP contribution in [0.25, 0.3) is 0 Å². The summed E-state index contributed by atoms with van der Waals surface area (Å²) in [5.41, 5.74) is 1.56. The molecule has 0 aliphatic heterocycles. The van der Waals surface area contributed by atoms with Crippen molar-refractivity contribution >= 4 is 23.4 Å². The number of allylic oxidation sites excluding steroid dienone is 1. The summed E-state index contributed by atoms with van der Waals surface area (Å²) < 4.78 is 4.99. The fourth-order valence-corrected chi connectivity index (χ4v) is 1.56. The Balaban J connectivity index is 2.27. The summed E-state index contributed by atoms with van der Waals surface area (Å²) in [6.07, 6.45) is 0.511. The summed E-state index contributed by atoms with van der Waals surface area (Å²) in [5, 5.41) is 9.54. The van der Waals surface area contributed by atoms with Crippen molar-refractivity contribution in [3.63, 3.8) is 0 Å². The molecule has 4 nitrogen and oxygen atoms in total. The average molecular weight is 283 g/mol. The van der Waals surface area contributed by atoms with E-state index in [4.69, 9.17) is 16.3 Å². The van der Waals surface area contributed by atoms with Gasteiger partial charge in [0.1, 0.15) is 0 Å². The molecule has 5 heteroatoms. The molecule has 0 fully saturated rings. The van der Waals surface area contributed by atoms with Gasteiger partial charge in [-0.2, -0.15) is 0 Å². The molecule has 102 valence electrons. The predicted molar refractivity (Wildman–Crippen MR) is 72.0 cm³/mol. The number of aliphatic hydroxyl groups excluding tert-OH is 1. The van der Waals surface area contributed by atoms with Crippen molar-refractivity contribution < 1.29 is 19.4 Å². The average Bonchev–Trinajstić information content (AvgIpc) is 2.39. The monoisotopic (exact) mass is 282 g/mol. The van der Waals surface area contributed by atoms with Crippen LogP contribution in [0, 0.1) is 0 Å². The number of carbonyl (C=O) groups excluding carboxylic acids is 2. The molecule has 0 saturated carbocycles. The number of hydrogen-bond acceptors (Lipinski definition) is 4. The van der Waals surface area contributed by atoms with Gasteiger partial charge in [0.25, 0.3) is 0 Å². The van der Waals surface area contributed by atoms with E-state index in [9.17, 15) is 14.7 Å². The minimum Gasteiger partial charge on any atom is -0.462 e. The molecule has 1 aromatic rings. The van der Waals surface area contributed by atoms with Gasteiger partial charge >= 0.3 is 5.97 Å². The van der Waals surface area contributed by atoms with Crippen LogP contribution in [0.4, 0.5) is 0 Å². The van der Waals surface area contributed by atoms with E-state index in [1.165, 1.54) is 6.08 Å². The largest absolute Gasteiger partial charge is 0.462 e. The molecular formula is C14H15ClO4.